The maximum absolute atomic E-state index is 13.1. The minimum Gasteiger partial charge on any atom is -0.493 e. The van der Waals surface area contributed by atoms with Crippen molar-refractivity contribution in [3.05, 3.63) is 53.9 Å². The van der Waals surface area contributed by atoms with E-state index in [-0.39, 0.29) is 5.91 Å². The summed E-state index contributed by atoms with van der Waals surface area (Å²) in [4.78, 5) is 22.3. The molecule has 0 unspecified atom stereocenters. The first-order chi connectivity index (χ1) is 14.0. The number of H-pyrrole nitrogens is 1. The van der Waals surface area contributed by atoms with Gasteiger partial charge in [-0.05, 0) is 48.2 Å². The lowest BCUT2D eigenvalue weighted by Gasteiger charge is -2.23. The van der Waals surface area contributed by atoms with E-state index < -0.39 is 0 Å². The van der Waals surface area contributed by atoms with Crippen LogP contribution in [0.4, 0.5) is 0 Å². The molecule has 29 heavy (non-hydrogen) atoms. The lowest BCUT2D eigenvalue weighted by Crippen LogP contribution is -2.31. The smallest absolute Gasteiger partial charge is 0.254 e. The van der Waals surface area contributed by atoms with Crippen molar-refractivity contribution in [2.75, 3.05) is 20.3 Å². The van der Waals surface area contributed by atoms with Crippen molar-refractivity contribution < 1.29 is 14.3 Å². The van der Waals surface area contributed by atoms with Crippen LogP contribution in [-0.4, -0.2) is 41.0 Å². The number of rotatable bonds is 9. The zero-order chi connectivity index (χ0) is 20.8. The first-order valence-corrected chi connectivity index (χ1v) is 10.0. The number of amides is 1. The van der Waals surface area contributed by atoms with E-state index in [1.54, 1.807) is 13.4 Å². The second kappa shape index (κ2) is 9.45. The molecule has 0 aliphatic carbocycles. The second-order valence-electron chi connectivity index (χ2n) is 7.55. The van der Waals surface area contributed by atoms with Crippen LogP contribution in [0.3, 0.4) is 0 Å². The highest BCUT2D eigenvalue weighted by Crippen LogP contribution is 2.29. The standard InChI is InChI=1S/C23H29N3O3/c1-5-10-26(23(27)18-7-8-19-20(12-18)25-15-24-19)13-17-6-9-21(22(11-17)28-4)29-14-16(2)3/h6-9,11-12,15-16H,5,10,13-14H2,1-4H3,(H,24,25). The van der Waals surface area contributed by atoms with E-state index in [4.69, 9.17) is 9.47 Å². The molecule has 1 amide bonds. The van der Waals surface area contributed by atoms with E-state index in [2.05, 4.69) is 30.7 Å². The van der Waals surface area contributed by atoms with Gasteiger partial charge in [0.15, 0.2) is 11.5 Å². The van der Waals surface area contributed by atoms with E-state index >= 15 is 0 Å². The number of hydrogen-bond donors (Lipinski definition) is 1. The maximum atomic E-state index is 13.1. The van der Waals surface area contributed by atoms with Crippen LogP contribution in [0.1, 0.15) is 43.1 Å². The SMILES string of the molecule is CCCN(Cc1ccc(OCC(C)C)c(OC)c1)C(=O)c1ccc2nc[nH]c2c1. The first-order valence-electron chi connectivity index (χ1n) is 10.0. The minimum absolute atomic E-state index is 0.00227. The Morgan fingerprint density at radius 1 is 1.17 bits per heavy atom. The summed E-state index contributed by atoms with van der Waals surface area (Å²) < 4.78 is 11.3. The van der Waals surface area contributed by atoms with E-state index in [9.17, 15) is 4.79 Å². The number of carbonyl (C=O) groups is 1. The van der Waals surface area contributed by atoms with Crippen molar-refractivity contribution in [2.45, 2.75) is 33.7 Å². The lowest BCUT2D eigenvalue weighted by atomic mass is 10.1. The molecule has 154 valence electrons. The number of nitrogens with zero attached hydrogens (tertiary/aromatic N) is 2. The monoisotopic (exact) mass is 395 g/mol. The Labute approximate surface area is 171 Å². The number of imidazole rings is 1. The highest BCUT2D eigenvalue weighted by molar-refractivity contribution is 5.97. The lowest BCUT2D eigenvalue weighted by molar-refractivity contribution is 0.0743. The summed E-state index contributed by atoms with van der Waals surface area (Å²) in [6, 6.07) is 11.4. The average Bonchev–Trinajstić information content (AvgIpc) is 3.19. The molecular weight excluding hydrogens is 366 g/mol. The van der Waals surface area contributed by atoms with Crippen LogP contribution in [0.2, 0.25) is 0 Å². The molecule has 0 saturated carbocycles. The Morgan fingerprint density at radius 3 is 2.72 bits per heavy atom. The molecule has 1 heterocycles. The van der Waals surface area contributed by atoms with Gasteiger partial charge in [-0.3, -0.25) is 4.79 Å². The van der Waals surface area contributed by atoms with Crippen molar-refractivity contribution in [3.8, 4) is 11.5 Å². The quantitative estimate of drug-likeness (QED) is 0.572. The third-order valence-electron chi connectivity index (χ3n) is 4.62. The molecular formula is C23H29N3O3. The Hall–Kier alpha value is -3.02. The summed E-state index contributed by atoms with van der Waals surface area (Å²) >= 11 is 0. The van der Waals surface area contributed by atoms with Gasteiger partial charge < -0.3 is 19.4 Å². The number of hydrogen-bond acceptors (Lipinski definition) is 4. The van der Waals surface area contributed by atoms with Gasteiger partial charge in [-0.1, -0.05) is 26.8 Å². The summed E-state index contributed by atoms with van der Waals surface area (Å²) in [5.41, 5.74) is 3.37. The number of fused-ring (bicyclic) bond motifs is 1. The molecule has 6 nitrogen and oxygen atoms in total. The molecule has 1 aromatic heterocycles. The Morgan fingerprint density at radius 2 is 2.00 bits per heavy atom. The molecule has 0 radical (unpaired) electrons. The highest BCUT2D eigenvalue weighted by atomic mass is 16.5. The van der Waals surface area contributed by atoms with E-state index in [1.165, 1.54) is 0 Å². The first kappa shape index (κ1) is 20.7. The normalized spacial score (nSPS) is 11.1. The maximum Gasteiger partial charge on any atom is 0.254 e. The van der Waals surface area contributed by atoms with Gasteiger partial charge in [0, 0.05) is 18.7 Å². The summed E-state index contributed by atoms with van der Waals surface area (Å²) in [5.74, 6) is 1.85. The molecule has 3 rings (SSSR count). The molecule has 0 spiro atoms. The van der Waals surface area contributed by atoms with Crippen molar-refractivity contribution in [2.24, 2.45) is 5.92 Å². The molecule has 0 bridgehead atoms. The van der Waals surface area contributed by atoms with Crippen molar-refractivity contribution in [1.29, 1.82) is 0 Å². The third kappa shape index (κ3) is 5.08. The molecule has 0 aliphatic heterocycles. The van der Waals surface area contributed by atoms with Crippen LogP contribution in [0.15, 0.2) is 42.7 Å². The Bertz CT molecular complexity index is 965. The average molecular weight is 396 g/mol. The summed E-state index contributed by atoms with van der Waals surface area (Å²) in [6.45, 7) is 8.10. The number of benzene rings is 2. The number of aromatic nitrogens is 2. The Balaban J connectivity index is 1.79. The molecule has 0 atom stereocenters. The van der Waals surface area contributed by atoms with Gasteiger partial charge in [-0.15, -0.1) is 0 Å². The molecule has 1 N–H and O–H groups in total. The molecule has 3 aromatic rings. The van der Waals surface area contributed by atoms with Crippen molar-refractivity contribution >= 4 is 16.9 Å². The van der Waals surface area contributed by atoms with Gasteiger partial charge in [-0.2, -0.15) is 0 Å². The number of aromatic amines is 1. The molecule has 0 aliphatic rings. The van der Waals surface area contributed by atoms with Crippen LogP contribution in [-0.2, 0) is 6.54 Å². The predicted octanol–water partition coefficient (Wildman–Crippen LogP) is 4.66. The van der Waals surface area contributed by atoms with E-state index in [1.807, 2.05) is 41.3 Å². The van der Waals surface area contributed by atoms with Gasteiger partial charge in [0.2, 0.25) is 0 Å². The van der Waals surface area contributed by atoms with Crippen molar-refractivity contribution in [1.82, 2.24) is 14.9 Å². The van der Waals surface area contributed by atoms with Crippen LogP contribution in [0.25, 0.3) is 11.0 Å². The number of methoxy groups -OCH3 is 1. The summed E-state index contributed by atoms with van der Waals surface area (Å²) in [5, 5.41) is 0. The zero-order valence-corrected chi connectivity index (χ0v) is 17.6. The van der Waals surface area contributed by atoms with Crippen LogP contribution in [0.5, 0.6) is 11.5 Å². The number of ether oxygens (including phenoxy) is 2. The largest absolute Gasteiger partial charge is 0.493 e. The van der Waals surface area contributed by atoms with Gasteiger partial charge in [0.05, 0.1) is 31.1 Å². The fourth-order valence-electron chi connectivity index (χ4n) is 3.18. The van der Waals surface area contributed by atoms with Crippen LogP contribution in [0, 0.1) is 5.92 Å². The van der Waals surface area contributed by atoms with Crippen LogP contribution < -0.4 is 9.47 Å². The number of carbonyl (C=O) groups excluding carboxylic acids is 1. The molecule has 2 aromatic carbocycles. The topological polar surface area (TPSA) is 67.5 Å². The zero-order valence-electron chi connectivity index (χ0n) is 17.6. The third-order valence-corrected chi connectivity index (χ3v) is 4.62. The fourth-order valence-corrected chi connectivity index (χ4v) is 3.18. The summed E-state index contributed by atoms with van der Waals surface area (Å²) in [7, 11) is 1.63. The highest BCUT2D eigenvalue weighted by Gasteiger charge is 2.17. The minimum atomic E-state index is 0.00227. The second-order valence-corrected chi connectivity index (χ2v) is 7.55. The number of nitrogens with one attached hydrogen (secondary N) is 1. The Kier molecular flexibility index (Phi) is 6.75. The molecule has 0 saturated heterocycles. The van der Waals surface area contributed by atoms with E-state index in [0.717, 1.165) is 28.8 Å². The predicted molar refractivity (Wildman–Crippen MR) is 114 cm³/mol. The van der Waals surface area contributed by atoms with Gasteiger partial charge in [0.1, 0.15) is 0 Å². The van der Waals surface area contributed by atoms with Gasteiger partial charge in [0.25, 0.3) is 5.91 Å². The molecule has 6 heteroatoms. The van der Waals surface area contributed by atoms with Gasteiger partial charge in [-0.25, -0.2) is 4.98 Å². The van der Waals surface area contributed by atoms with Crippen molar-refractivity contribution in [3.63, 3.8) is 0 Å². The van der Waals surface area contributed by atoms with Crippen LogP contribution >= 0.6 is 0 Å². The molecule has 0 fully saturated rings. The summed E-state index contributed by atoms with van der Waals surface area (Å²) in [6.07, 6.45) is 2.52. The van der Waals surface area contributed by atoms with E-state index in [0.29, 0.717) is 36.9 Å². The van der Waals surface area contributed by atoms with Gasteiger partial charge >= 0.3 is 0 Å². The fraction of sp³-hybridized carbons (Fsp3) is 0.391.